The summed E-state index contributed by atoms with van der Waals surface area (Å²) < 4.78 is 0. The number of aliphatic carboxylic acids is 1. The van der Waals surface area contributed by atoms with E-state index in [1.165, 1.54) is 18.2 Å². The summed E-state index contributed by atoms with van der Waals surface area (Å²) >= 11 is 0. The standard InChI is InChI=1S/C16H16O5/c1-9(16(20)21)10-4-2-5-11(8-10)14(18)12-6-3-7-13(17)15(12)19/h2-9,14,17-19H,1H3,(H,20,21). The molecule has 4 N–H and O–H groups in total. The number of phenols is 2. The fourth-order valence-electron chi connectivity index (χ4n) is 2.09. The Morgan fingerprint density at radius 1 is 1.05 bits per heavy atom. The molecule has 21 heavy (non-hydrogen) atoms. The summed E-state index contributed by atoms with van der Waals surface area (Å²) in [4.78, 5) is 11.0. The minimum Gasteiger partial charge on any atom is -0.504 e. The maximum atomic E-state index is 11.0. The van der Waals surface area contributed by atoms with Crippen molar-refractivity contribution in [2.45, 2.75) is 18.9 Å². The van der Waals surface area contributed by atoms with Crippen molar-refractivity contribution >= 4 is 5.97 Å². The zero-order valence-corrected chi connectivity index (χ0v) is 11.4. The molecular formula is C16H16O5. The summed E-state index contributed by atoms with van der Waals surface area (Å²) in [5, 5.41) is 38.6. The number of carbonyl (C=O) groups is 1. The van der Waals surface area contributed by atoms with Gasteiger partial charge in [0.25, 0.3) is 0 Å². The molecule has 2 aromatic rings. The number of benzene rings is 2. The van der Waals surface area contributed by atoms with Gasteiger partial charge in [0.05, 0.1) is 5.92 Å². The van der Waals surface area contributed by atoms with Gasteiger partial charge in [0.15, 0.2) is 11.5 Å². The highest BCUT2D eigenvalue weighted by atomic mass is 16.4. The zero-order valence-electron chi connectivity index (χ0n) is 11.4. The van der Waals surface area contributed by atoms with Gasteiger partial charge in [-0.05, 0) is 24.1 Å². The molecule has 0 heterocycles. The molecule has 0 aliphatic rings. The van der Waals surface area contributed by atoms with Crippen LogP contribution in [0.25, 0.3) is 0 Å². The molecular weight excluding hydrogens is 272 g/mol. The van der Waals surface area contributed by atoms with Crippen molar-refractivity contribution in [1.82, 2.24) is 0 Å². The average Bonchev–Trinajstić information content (AvgIpc) is 2.48. The Morgan fingerprint density at radius 2 is 1.67 bits per heavy atom. The molecule has 0 aromatic heterocycles. The van der Waals surface area contributed by atoms with E-state index in [-0.39, 0.29) is 17.1 Å². The molecule has 2 rings (SSSR count). The van der Waals surface area contributed by atoms with E-state index in [1.54, 1.807) is 31.2 Å². The summed E-state index contributed by atoms with van der Waals surface area (Å²) in [5.74, 6) is -2.36. The smallest absolute Gasteiger partial charge is 0.310 e. The number of phenolic OH excluding ortho intramolecular Hbond substituents is 2. The second kappa shape index (κ2) is 5.85. The first kappa shape index (κ1) is 14.9. The van der Waals surface area contributed by atoms with Crippen molar-refractivity contribution in [3.63, 3.8) is 0 Å². The van der Waals surface area contributed by atoms with Gasteiger partial charge in [-0.1, -0.05) is 36.4 Å². The first-order valence-electron chi connectivity index (χ1n) is 6.43. The van der Waals surface area contributed by atoms with Gasteiger partial charge in [-0.2, -0.15) is 0 Å². The predicted molar refractivity (Wildman–Crippen MR) is 76.3 cm³/mol. The van der Waals surface area contributed by atoms with Crippen LogP contribution in [0.1, 0.15) is 35.6 Å². The molecule has 5 nitrogen and oxygen atoms in total. The van der Waals surface area contributed by atoms with Crippen LogP contribution in [-0.2, 0) is 4.79 Å². The summed E-state index contributed by atoms with van der Waals surface area (Å²) in [6.45, 7) is 1.56. The van der Waals surface area contributed by atoms with Gasteiger partial charge in [0, 0.05) is 5.56 Å². The van der Waals surface area contributed by atoms with Gasteiger partial charge in [-0.3, -0.25) is 4.79 Å². The fourth-order valence-corrected chi connectivity index (χ4v) is 2.09. The Balaban J connectivity index is 2.40. The van der Waals surface area contributed by atoms with Crippen molar-refractivity contribution in [2.75, 3.05) is 0 Å². The predicted octanol–water partition coefficient (Wildman–Crippen LogP) is 2.37. The average molecular weight is 288 g/mol. The lowest BCUT2D eigenvalue weighted by Gasteiger charge is -2.15. The third-order valence-electron chi connectivity index (χ3n) is 3.44. The van der Waals surface area contributed by atoms with E-state index in [9.17, 15) is 20.1 Å². The lowest BCUT2D eigenvalue weighted by atomic mass is 9.94. The molecule has 2 atom stereocenters. The molecule has 0 saturated heterocycles. The zero-order chi connectivity index (χ0) is 15.6. The van der Waals surface area contributed by atoms with Gasteiger partial charge < -0.3 is 20.4 Å². The van der Waals surface area contributed by atoms with Crippen LogP contribution in [0.2, 0.25) is 0 Å². The number of carboxylic acid groups (broad SMARTS) is 1. The number of aromatic hydroxyl groups is 2. The van der Waals surface area contributed by atoms with E-state index in [4.69, 9.17) is 5.11 Å². The summed E-state index contributed by atoms with van der Waals surface area (Å²) in [7, 11) is 0. The molecule has 0 radical (unpaired) electrons. The minimum atomic E-state index is -1.15. The molecule has 2 unspecified atom stereocenters. The van der Waals surface area contributed by atoms with Crippen LogP contribution in [0.15, 0.2) is 42.5 Å². The number of para-hydroxylation sites is 1. The SMILES string of the molecule is CC(C(=O)O)c1cccc(C(O)c2cccc(O)c2O)c1. The van der Waals surface area contributed by atoms with Crippen LogP contribution in [-0.4, -0.2) is 26.4 Å². The number of hydrogen-bond acceptors (Lipinski definition) is 4. The van der Waals surface area contributed by atoms with Crippen LogP contribution in [0.3, 0.4) is 0 Å². The Hall–Kier alpha value is -2.53. The van der Waals surface area contributed by atoms with E-state index >= 15 is 0 Å². The monoisotopic (exact) mass is 288 g/mol. The lowest BCUT2D eigenvalue weighted by molar-refractivity contribution is -0.138. The van der Waals surface area contributed by atoms with Crippen LogP contribution in [0.5, 0.6) is 11.5 Å². The Morgan fingerprint density at radius 3 is 2.33 bits per heavy atom. The highest BCUT2D eigenvalue weighted by molar-refractivity contribution is 5.75. The maximum absolute atomic E-state index is 11.0. The van der Waals surface area contributed by atoms with E-state index < -0.39 is 18.0 Å². The highest BCUT2D eigenvalue weighted by Crippen LogP contribution is 2.35. The van der Waals surface area contributed by atoms with Gasteiger partial charge in [0.2, 0.25) is 0 Å². The quantitative estimate of drug-likeness (QED) is 0.647. The molecule has 0 aliphatic carbocycles. The maximum Gasteiger partial charge on any atom is 0.310 e. The molecule has 0 bridgehead atoms. The largest absolute Gasteiger partial charge is 0.504 e. The summed E-state index contributed by atoms with van der Waals surface area (Å²) in [5.41, 5.74) is 1.16. The van der Waals surface area contributed by atoms with Gasteiger partial charge in [0.1, 0.15) is 6.10 Å². The Kier molecular flexibility index (Phi) is 4.14. The molecule has 0 amide bonds. The topological polar surface area (TPSA) is 98.0 Å². The van der Waals surface area contributed by atoms with Crippen molar-refractivity contribution in [3.05, 3.63) is 59.2 Å². The second-order valence-corrected chi connectivity index (χ2v) is 4.85. The van der Waals surface area contributed by atoms with Crippen LogP contribution < -0.4 is 0 Å². The molecule has 2 aromatic carbocycles. The summed E-state index contributed by atoms with van der Waals surface area (Å²) in [6.07, 6.45) is -1.15. The fraction of sp³-hybridized carbons (Fsp3) is 0.188. The number of carboxylic acids is 1. The van der Waals surface area contributed by atoms with Gasteiger partial charge in [-0.15, -0.1) is 0 Å². The minimum absolute atomic E-state index is 0.162. The van der Waals surface area contributed by atoms with E-state index in [1.807, 2.05) is 0 Å². The number of aliphatic hydroxyl groups excluding tert-OH is 1. The Bertz CT molecular complexity index is 665. The van der Waals surface area contributed by atoms with Crippen LogP contribution >= 0.6 is 0 Å². The van der Waals surface area contributed by atoms with E-state index in [0.29, 0.717) is 11.1 Å². The highest BCUT2D eigenvalue weighted by Gasteiger charge is 2.19. The van der Waals surface area contributed by atoms with Gasteiger partial charge in [-0.25, -0.2) is 0 Å². The van der Waals surface area contributed by atoms with Crippen molar-refractivity contribution in [1.29, 1.82) is 0 Å². The third-order valence-corrected chi connectivity index (χ3v) is 3.44. The molecule has 0 saturated carbocycles. The van der Waals surface area contributed by atoms with E-state index in [2.05, 4.69) is 0 Å². The summed E-state index contributed by atoms with van der Waals surface area (Å²) in [6, 6.07) is 10.8. The van der Waals surface area contributed by atoms with E-state index in [0.717, 1.165) is 0 Å². The number of rotatable bonds is 4. The number of hydrogen-bond donors (Lipinski definition) is 4. The first-order chi connectivity index (χ1) is 9.91. The van der Waals surface area contributed by atoms with Crippen LogP contribution in [0.4, 0.5) is 0 Å². The normalized spacial score (nSPS) is 13.6. The van der Waals surface area contributed by atoms with Crippen molar-refractivity contribution in [3.8, 4) is 11.5 Å². The van der Waals surface area contributed by atoms with Crippen molar-refractivity contribution < 1.29 is 25.2 Å². The Labute approximate surface area is 121 Å². The van der Waals surface area contributed by atoms with Gasteiger partial charge >= 0.3 is 5.97 Å². The molecule has 0 spiro atoms. The molecule has 0 fully saturated rings. The molecule has 0 aliphatic heterocycles. The lowest BCUT2D eigenvalue weighted by Crippen LogP contribution is -2.08. The first-order valence-corrected chi connectivity index (χ1v) is 6.43. The second-order valence-electron chi connectivity index (χ2n) is 4.85. The molecule has 110 valence electrons. The number of aliphatic hydroxyl groups is 1. The third kappa shape index (κ3) is 2.98. The molecule has 5 heteroatoms. The van der Waals surface area contributed by atoms with Crippen LogP contribution in [0, 0.1) is 0 Å². The van der Waals surface area contributed by atoms with Crippen molar-refractivity contribution in [2.24, 2.45) is 0 Å².